The highest BCUT2D eigenvalue weighted by atomic mass is 28.2. The highest BCUT2D eigenvalue weighted by molar-refractivity contribution is 6.32. The van der Waals surface area contributed by atoms with Gasteiger partial charge in [-0.05, 0) is 80.5 Å². The van der Waals surface area contributed by atoms with Crippen molar-refractivity contribution in [1.29, 1.82) is 0 Å². The number of hydrogen-bond donors (Lipinski definition) is 1. The topological polar surface area (TPSA) is 65.0 Å². The second-order valence-electron chi connectivity index (χ2n) is 12.7. The molecule has 4 radical (unpaired) electrons. The van der Waals surface area contributed by atoms with Gasteiger partial charge in [0.25, 0.3) is 0 Å². The van der Waals surface area contributed by atoms with Gasteiger partial charge in [0.2, 0.25) is 19.5 Å². The van der Waals surface area contributed by atoms with E-state index in [0.29, 0.717) is 32.6 Å². The van der Waals surface area contributed by atoms with Gasteiger partial charge in [-0.2, -0.15) is 0 Å². The molecular weight excluding hydrogens is 460 g/mol. The molecule has 196 valence electrons. The summed E-state index contributed by atoms with van der Waals surface area (Å²) in [4.78, 5) is 11.3. The van der Waals surface area contributed by atoms with E-state index in [4.69, 9.17) is 13.6 Å². The predicted molar refractivity (Wildman–Crippen MR) is 142 cm³/mol. The Hall–Kier alpha value is -0.476. The maximum Gasteiger partial charge on any atom is 0.306 e. The first-order valence-electron chi connectivity index (χ1n) is 12.7. The largest absolute Gasteiger partial charge is 0.481 e. The van der Waals surface area contributed by atoms with Crippen molar-refractivity contribution >= 4 is 25.5 Å². The molecule has 0 amide bonds. The number of carbonyl (C=O) groups is 1. The van der Waals surface area contributed by atoms with Crippen LogP contribution in [0.4, 0.5) is 0 Å². The van der Waals surface area contributed by atoms with Gasteiger partial charge in [-0.25, -0.2) is 0 Å². The summed E-state index contributed by atoms with van der Waals surface area (Å²) in [5.74, 6) is -0.844. The third-order valence-electron chi connectivity index (χ3n) is 7.10. The Morgan fingerprint density at radius 2 is 1.71 bits per heavy atom. The van der Waals surface area contributed by atoms with Crippen molar-refractivity contribution in [1.82, 2.24) is 0 Å². The zero-order valence-corrected chi connectivity index (χ0v) is 25.8. The van der Waals surface area contributed by atoms with Crippen LogP contribution >= 0.6 is 0 Å². The van der Waals surface area contributed by atoms with Gasteiger partial charge in [0.15, 0.2) is 0 Å². The normalized spacial score (nSPS) is 29.9. The highest BCUT2D eigenvalue weighted by Gasteiger charge is 2.52. The molecule has 0 bridgehead atoms. The van der Waals surface area contributed by atoms with E-state index in [1.165, 1.54) is 11.1 Å². The number of ether oxygens (including phenoxy) is 1. The van der Waals surface area contributed by atoms with Gasteiger partial charge < -0.3 is 18.7 Å². The average Bonchev–Trinajstić information content (AvgIpc) is 2.79. The molecule has 1 aliphatic heterocycles. The molecule has 1 saturated heterocycles. The van der Waals surface area contributed by atoms with Crippen LogP contribution < -0.4 is 0 Å². The van der Waals surface area contributed by atoms with Gasteiger partial charge in [0.05, 0.1) is 29.8 Å². The van der Waals surface area contributed by atoms with Crippen molar-refractivity contribution in [2.45, 2.75) is 136 Å². The van der Waals surface area contributed by atoms with Crippen LogP contribution in [0.25, 0.3) is 0 Å². The molecule has 7 heteroatoms. The molecule has 0 aromatic carbocycles. The molecule has 0 spiro atoms. The van der Waals surface area contributed by atoms with Gasteiger partial charge in [-0.1, -0.05) is 55.4 Å². The number of aliphatic carboxylic acids is 1. The van der Waals surface area contributed by atoms with Crippen molar-refractivity contribution < 1.29 is 23.5 Å². The Morgan fingerprint density at radius 1 is 1.15 bits per heavy atom. The summed E-state index contributed by atoms with van der Waals surface area (Å²) in [5.41, 5.74) is 1.57. The Balaban J connectivity index is 3.21. The first-order chi connectivity index (χ1) is 15.3. The van der Waals surface area contributed by atoms with Crippen LogP contribution in [-0.2, 0) is 18.4 Å². The van der Waals surface area contributed by atoms with E-state index in [1.807, 2.05) is 0 Å². The van der Waals surface area contributed by atoms with Gasteiger partial charge in [-0.15, -0.1) is 0 Å². The number of carboxylic acids is 1. The SMILES string of the molecule is C/C(=C1\COC(C)(CCCC(C)C(=O)O)C(C)(O[Si]C(C)(C)C)C(C)C1)C(C)O[Si]C(C)(C)C. The van der Waals surface area contributed by atoms with Crippen molar-refractivity contribution in [2.24, 2.45) is 11.8 Å². The first-order valence-corrected chi connectivity index (χ1v) is 14.6. The van der Waals surface area contributed by atoms with E-state index in [-0.39, 0.29) is 28.0 Å². The van der Waals surface area contributed by atoms with Gasteiger partial charge in [0, 0.05) is 0 Å². The Bertz CT molecular complexity index is 709. The monoisotopic (exact) mass is 510 g/mol. The lowest BCUT2D eigenvalue weighted by Crippen LogP contribution is -2.57. The predicted octanol–water partition coefficient (Wildman–Crippen LogP) is 6.86. The molecule has 0 aromatic heterocycles. The van der Waals surface area contributed by atoms with Gasteiger partial charge in [0.1, 0.15) is 0 Å². The second-order valence-corrected chi connectivity index (χ2v) is 16.6. The lowest BCUT2D eigenvalue weighted by atomic mass is 9.72. The van der Waals surface area contributed by atoms with Crippen LogP contribution in [0, 0.1) is 11.8 Å². The zero-order chi connectivity index (χ0) is 26.5. The van der Waals surface area contributed by atoms with Gasteiger partial charge in [-0.3, -0.25) is 4.79 Å². The molecule has 0 aliphatic carbocycles. The molecule has 1 rings (SSSR count). The third-order valence-corrected chi connectivity index (χ3v) is 9.32. The Labute approximate surface area is 214 Å². The summed E-state index contributed by atoms with van der Waals surface area (Å²) in [5, 5.41) is 9.54. The maximum atomic E-state index is 11.3. The first kappa shape index (κ1) is 31.6. The number of hydrogen-bond acceptors (Lipinski definition) is 4. The number of rotatable bonds is 10. The quantitative estimate of drug-likeness (QED) is 0.257. The fourth-order valence-electron chi connectivity index (χ4n) is 4.11. The van der Waals surface area contributed by atoms with Crippen molar-refractivity contribution in [3.8, 4) is 0 Å². The van der Waals surface area contributed by atoms with Crippen molar-refractivity contribution in [2.75, 3.05) is 6.61 Å². The van der Waals surface area contributed by atoms with E-state index in [1.54, 1.807) is 6.92 Å². The van der Waals surface area contributed by atoms with Crippen molar-refractivity contribution in [3.05, 3.63) is 11.1 Å². The van der Waals surface area contributed by atoms with Crippen LogP contribution in [0.1, 0.15) is 109 Å². The fourth-order valence-corrected chi connectivity index (χ4v) is 5.75. The molecule has 5 nitrogen and oxygen atoms in total. The average molecular weight is 511 g/mol. The zero-order valence-electron chi connectivity index (χ0n) is 23.8. The molecule has 1 heterocycles. The molecule has 5 unspecified atom stereocenters. The lowest BCUT2D eigenvalue weighted by Gasteiger charge is -2.49. The van der Waals surface area contributed by atoms with Crippen LogP contribution in [0.15, 0.2) is 11.1 Å². The summed E-state index contributed by atoms with van der Waals surface area (Å²) in [6.45, 7) is 26.5. The minimum absolute atomic E-state index is 0.0488. The molecular formula is C27H50O5Si2. The van der Waals surface area contributed by atoms with Crippen LogP contribution in [-0.4, -0.2) is 54.5 Å². The Kier molecular flexibility index (Phi) is 11.3. The summed E-state index contributed by atoms with van der Waals surface area (Å²) in [7, 11) is 0.792. The van der Waals surface area contributed by atoms with E-state index in [9.17, 15) is 9.90 Å². The minimum atomic E-state index is -0.737. The summed E-state index contributed by atoms with van der Waals surface area (Å²) in [6.07, 6.45) is 3.15. The van der Waals surface area contributed by atoms with Crippen LogP contribution in [0.3, 0.4) is 0 Å². The second kappa shape index (κ2) is 12.2. The molecule has 5 atom stereocenters. The third kappa shape index (κ3) is 9.19. The minimum Gasteiger partial charge on any atom is -0.481 e. The summed E-state index contributed by atoms with van der Waals surface area (Å²) >= 11 is 0. The molecule has 1 N–H and O–H groups in total. The molecule has 0 aromatic rings. The van der Waals surface area contributed by atoms with E-state index in [2.05, 4.69) is 76.2 Å². The molecule has 1 aliphatic rings. The molecule has 34 heavy (non-hydrogen) atoms. The standard InChI is InChI=1S/C27H50O5Si2/c1-18(23(28)29)14-13-15-26(11)27(12,32-34-25(8,9)10)19(2)16-22(17-30-26)20(3)21(4)31-33-24(5,6)7/h18-19,21H,13-17H2,1-12H3,(H,28,29)/b22-20+. The highest BCUT2D eigenvalue weighted by Crippen LogP contribution is 2.46. The van der Waals surface area contributed by atoms with E-state index < -0.39 is 17.2 Å². The fraction of sp³-hybridized carbons (Fsp3) is 0.889. The van der Waals surface area contributed by atoms with Gasteiger partial charge >= 0.3 is 5.97 Å². The van der Waals surface area contributed by atoms with Crippen LogP contribution in [0.2, 0.25) is 10.1 Å². The summed E-state index contributed by atoms with van der Waals surface area (Å²) < 4.78 is 19.7. The lowest BCUT2D eigenvalue weighted by molar-refractivity contribution is -0.166. The van der Waals surface area contributed by atoms with Crippen molar-refractivity contribution in [3.63, 3.8) is 0 Å². The number of carboxylic acid groups (broad SMARTS) is 1. The Morgan fingerprint density at radius 3 is 2.21 bits per heavy atom. The van der Waals surface area contributed by atoms with Crippen LogP contribution in [0.5, 0.6) is 0 Å². The molecule has 1 fully saturated rings. The summed E-state index contributed by atoms with van der Waals surface area (Å²) in [6, 6.07) is 0. The van der Waals surface area contributed by atoms with E-state index >= 15 is 0 Å². The maximum absolute atomic E-state index is 11.3. The smallest absolute Gasteiger partial charge is 0.306 e. The molecule has 0 saturated carbocycles. The van der Waals surface area contributed by atoms with E-state index in [0.717, 1.165) is 19.3 Å².